The Morgan fingerprint density at radius 1 is 1.40 bits per heavy atom. The van der Waals surface area contributed by atoms with E-state index < -0.39 is 12.1 Å². The summed E-state index contributed by atoms with van der Waals surface area (Å²) in [4.78, 5) is 24.8. The standard InChI is InChI=1S/C12H10Cl2INO4/c13-6-3-7(10(15)8(14)4-6)11(17)16-1-2-20-9(5-16)12(18)19/h3-4,9H,1-2,5H2,(H,18,19). The SMILES string of the molecule is O=C(O)C1CN(C(=O)c2cc(Cl)cc(Cl)c2I)CCO1. The molecule has 1 N–H and O–H groups in total. The van der Waals surface area contributed by atoms with Gasteiger partial charge < -0.3 is 14.7 Å². The van der Waals surface area contributed by atoms with Crippen molar-refractivity contribution in [2.45, 2.75) is 6.10 Å². The predicted octanol–water partition coefficient (Wildman–Crippen LogP) is 2.52. The summed E-state index contributed by atoms with van der Waals surface area (Å²) >= 11 is 13.9. The van der Waals surface area contributed by atoms with Gasteiger partial charge in [-0.05, 0) is 34.7 Å². The summed E-state index contributed by atoms with van der Waals surface area (Å²) in [5, 5.41) is 9.70. The van der Waals surface area contributed by atoms with Crippen LogP contribution < -0.4 is 0 Å². The molecule has 108 valence electrons. The molecule has 8 heteroatoms. The third kappa shape index (κ3) is 3.36. The molecule has 1 amide bonds. The number of ether oxygens (including phenoxy) is 1. The Morgan fingerprint density at radius 3 is 2.75 bits per heavy atom. The topological polar surface area (TPSA) is 66.8 Å². The highest BCUT2D eigenvalue weighted by molar-refractivity contribution is 14.1. The van der Waals surface area contributed by atoms with Crippen LogP contribution >= 0.6 is 45.8 Å². The number of halogens is 3. The smallest absolute Gasteiger partial charge is 0.334 e. The minimum Gasteiger partial charge on any atom is -0.479 e. The summed E-state index contributed by atoms with van der Waals surface area (Å²) in [6.07, 6.45) is -1.000. The minimum atomic E-state index is -1.08. The molecule has 5 nitrogen and oxygen atoms in total. The van der Waals surface area contributed by atoms with Gasteiger partial charge >= 0.3 is 5.97 Å². The molecule has 1 saturated heterocycles. The van der Waals surface area contributed by atoms with Gasteiger partial charge in [-0.3, -0.25) is 4.79 Å². The zero-order valence-electron chi connectivity index (χ0n) is 10.1. The first-order valence-corrected chi connectivity index (χ1v) is 7.52. The van der Waals surface area contributed by atoms with E-state index in [1.165, 1.54) is 11.0 Å². The lowest BCUT2D eigenvalue weighted by atomic mass is 10.1. The van der Waals surface area contributed by atoms with Crippen molar-refractivity contribution in [2.75, 3.05) is 19.7 Å². The number of carboxylic acids is 1. The van der Waals surface area contributed by atoms with Crippen molar-refractivity contribution in [1.29, 1.82) is 0 Å². The van der Waals surface area contributed by atoms with Gasteiger partial charge in [0.2, 0.25) is 0 Å². The highest BCUT2D eigenvalue weighted by atomic mass is 127. The Hall–Kier alpha value is -0.570. The number of carboxylic acid groups (broad SMARTS) is 1. The van der Waals surface area contributed by atoms with Gasteiger partial charge in [-0.15, -0.1) is 0 Å². The maximum absolute atomic E-state index is 12.4. The number of amides is 1. The Kier molecular flexibility index (Phi) is 5.11. The lowest BCUT2D eigenvalue weighted by Crippen LogP contribution is -2.48. The number of hydrogen-bond acceptors (Lipinski definition) is 3. The van der Waals surface area contributed by atoms with Gasteiger partial charge in [0.25, 0.3) is 5.91 Å². The summed E-state index contributed by atoms with van der Waals surface area (Å²) in [7, 11) is 0. The summed E-state index contributed by atoms with van der Waals surface area (Å²) in [5.41, 5.74) is 0.370. The predicted molar refractivity (Wildman–Crippen MR) is 82.5 cm³/mol. The van der Waals surface area contributed by atoms with Crippen LogP contribution in [0.2, 0.25) is 10.0 Å². The van der Waals surface area contributed by atoms with Gasteiger partial charge in [0.05, 0.1) is 23.7 Å². The van der Waals surface area contributed by atoms with Crippen LogP contribution in [0.15, 0.2) is 12.1 Å². The monoisotopic (exact) mass is 429 g/mol. The first kappa shape index (κ1) is 15.8. The zero-order valence-corrected chi connectivity index (χ0v) is 13.8. The average Bonchev–Trinajstić information content (AvgIpc) is 2.42. The highest BCUT2D eigenvalue weighted by Gasteiger charge is 2.30. The summed E-state index contributed by atoms with van der Waals surface area (Å²) in [5.74, 6) is -1.38. The maximum Gasteiger partial charge on any atom is 0.334 e. The molecule has 1 unspecified atom stereocenters. The van der Waals surface area contributed by atoms with E-state index in [9.17, 15) is 9.59 Å². The number of carbonyl (C=O) groups excluding carboxylic acids is 1. The maximum atomic E-state index is 12.4. The van der Waals surface area contributed by atoms with E-state index in [0.29, 0.717) is 25.7 Å². The Balaban J connectivity index is 2.25. The van der Waals surface area contributed by atoms with E-state index in [-0.39, 0.29) is 19.1 Å². The van der Waals surface area contributed by atoms with Crippen molar-refractivity contribution in [3.05, 3.63) is 31.3 Å². The van der Waals surface area contributed by atoms with E-state index in [1.807, 2.05) is 22.6 Å². The molecule has 20 heavy (non-hydrogen) atoms. The zero-order chi connectivity index (χ0) is 14.9. The second-order valence-corrected chi connectivity index (χ2v) is 6.12. The lowest BCUT2D eigenvalue weighted by Gasteiger charge is -2.31. The van der Waals surface area contributed by atoms with E-state index in [1.54, 1.807) is 6.07 Å². The fourth-order valence-corrected chi connectivity index (χ4v) is 2.90. The van der Waals surface area contributed by atoms with E-state index >= 15 is 0 Å². The first-order valence-electron chi connectivity index (χ1n) is 5.68. The summed E-state index contributed by atoms with van der Waals surface area (Å²) in [6, 6.07) is 3.09. The Bertz CT molecular complexity index is 567. The molecule has 0 radical (unpaired) electrons. The second kappa shape index (κ2) is 6.46. The molecule has 1 aromatic carbocycles. The molecular formula is C12H10Cl2INO4. The Morgan fingerprint density at radius 2 is 2.10 bits per heavy atom. The minimum absolute atomic E-state index is 0.00831. The number of hydrogen-bond donors (Lipinski definition) is 1. The quantitative estimate of drug-likeness (QED) is 0.579. The molecule has 1 heterocycles. The van der Waals surface area contributed by atoms with Crippen LogP contribution in [0.5, 0.6) is 0 Å². The highest BCUT2D eigenvalue weighted by Crippen LogP contribution is 2.28. The molecule has 1 aliphatic heterocycles. The molecule has 0 saturated carbocycles. The molecular weight excluding hydrogens is 420 g/mol. The molecule has 2 rings (SSSR count). The summed E-state index contributed by atoms with van der Waals surface area (Å²) in [6.45, 7) is 0.533. The molecule has 0 bridgehead atoms. The number of aliphatic carboxylic acids is 1. The van der Waals surface area contributed by atoms with Crippen LogP contribution in [0.3, 0.4) is 0 Å². The van der Waals surface area contributed by atoms with Crippen molar-refractivity contribution in [3.63, 3.8) is 0 Å². The fourth-order valence-electron chi connectivity index (χ4n) is 1.87. The van der Waals surface area contributed by atoms with Crippen LogP contribution in [0.1, 0.15) is 10.4 Å². The number of nitrogens with zero attached hydrogens (tertiary/aromatic N) is 1. The van der Waals surface area contributed by atoms with Crippen LogP contribution in [-0.2, 0) is 9.53 Å². The van der Waals surface area contributed by atoms with E-state index in [2.05, 4.69) is 0 Å². The van der Waals surface area contributed by atoms with Crippen molar-refractivity contribution in [3.8, 4) is 0 Å². The van der Waals surface area contributed by atoms with Crippen LogP contribution in [0, 0.1) is 3.57 Å². The van der Waals surface area contributed by atoms with Crippen molar-refractivity contribution in [2.24, 2.45) is 0 Å². The number of carbonyl (C=O) groups is 2. The van der Waals surface area contributed by atoms with Gasteiger partial charge in [-0.1, -0.05) is 23.2 Å². The molecule has 0 spiro atoms. The third-order valence-corrected chi connectivity index (χ3v) is 4.85. The van der Waals surface area contributed by atoms with Gasteiger partial charge in [-0.25, -0.2) is 4.79 Å². The van der Waals surface area contributed by atoms with E-state index in [4.69, 9.17) is 33.0 Å². The lowest BCUT2D eigenvalue weighted by molar-refractivity contribution is -0.154. The van der Waals surface area contributed by atoms with Crippen LogP contribution in [0.4, 0.5) is 0 Å². The van der Waals surface area contributed by atoms with Crippen molar-refractivity contribution >= 4 is 57.7 Å². The summed E-state index contributed by atoms with van der Waals surface area (Å²) < 4.78 is 5.68. The molecule has 0 aromatic heterocycles. The largest absolute Gasteiger partial charge is 0.479 e. The number of morpholine rings is 1. The molecule has 1 atom stereocenters. The van der Waals surface area contributed by atoms with Crippen LogP contribution in [-0.4, -0.2) is 47.7 Å². The fraction of sp³-hybridized carbons (Fsp3) is 0.333. The normalized spacial score (nSPS) is 18.9. The van der Waals surface area contributed by atoms with Crippen LogP contribution in [0.25, 0.3) is 0 Å². The van der Waals surface area contributed by atoms with Gasteiger partial charge in [0, 0.05) is 15.1 Å². The van der Waals surface area contributed by atoms with Gasteiger partial charge in [0.1, 0.15) is 0 Å². The Labute approximate surface area is 138 Å². The van der Waals surface area contributed by atoms with Gasteiger partial charge in [0.15, 0.2) is 6.10 Å². The molecule has 0 aliphatic carbocycles. The molecule has 1 fully saturated rings. The van der Waals surface area contributed by atoms with Crippen molar-refractivity contribution in [1.82, 2.24) is 4.90 Å². The second-order valence-electron chi connectivity index (χ2n) is 4.20. The van der Waals surface area contributed by atoms with Crippen molar-refractivity contribution < 1.29 is 19.4 Å². The number of benzene rings is 1. The molecule has 1 aliphatic rings. The van der Waals surface area contributed by atoms with Gasteiger partial charge in [-0.2, -0.15) is 0 Å². The average molecular weight is 430 g/mol. The first-order chi connectivity index (χ1) is 9.40. The molecule has 1 aromatic rings. The number of rotatable bonds is 2. The van der Waals surface area contributed by atoms with E-state index in [0.717, 1.165) is 0 Å². The third-order valence-electron chi connectivity index (χ3n) is 2.85.